The van der Waals surface area contributed by atoms with Gasteiger partial charge in [0.15, 0.2) is 17.2 Å². The molecule has 2 aliphatic heterocycles. The third kappa shape index (κ3) is 3.45. The molecule has 1 atom stereocenters. The summed E-state index contributed by atoms with van der Waals surface area (Å²) >= 11 is 6.20. The summed E-state index contributed by atoms with van der Waals surface area (Å²) < 4.78 is 5.43. The van der Waals surface area contributed by atoms with Crippen LogP contribution in [0, 0.1) is 0 Å². The summed E-state index contributed by atoms with van der Waals surface area (Å²) in [5.41, 5.74) is 3.15. The van der Waals surface area contributed by atoms with E-state index in [-0.39, 0.29) is 17.6 Å². The number of Topliss-reactive ketones (excluding diaryl/α,β-unsaturated/α-hetero) is 1. The highest BCUT2D eigenvalue weighted by molar-refractivity contribution is 6.35. The molecule has 8 heteroatoms. The predicted molar refractivity (Wildman–Crippen MR) is 125 cm³/mol. The summed E-state index contributed by atoms with van der Waals surface area (Å²) in [6.45, 7) is 7.89. The minimum Gasteiger partial charge on any atom is -0.352 e. The molecule has 7 nitrogen and oxygen atoms in total. The number of hydrogen-bond donors (Lipinski definition) is 0. The number of benzene rings is 2. The molecule has 3 heterocycles. The number of fused-ring (bicyclic) bond motifs is 2. The number of anilines is 2. The van der Waals surface area contributed by atoms with Crippen LogP contribution in [-0.4, -0.2) is 61.0 Å². The lowest BCUT2D eigenvalue weighted by molar-refractivity contribution is -0.118. The molecule has 1 saturated heterocycles. The number of carbonyl (C=O) groups is 2. The Balaban J connectivity index is 1.24. The van der Waals surface area contributed by atoms with Crippen LogP contribution < -0.4 is 9.80 Å². The molecule has 1 fully saturated rings. The van der Waals surface area contributed by atoms with Crippen LogP contribution in [0.15, 0.2) is 40.9 Å². The molecule has 5 rings (SSSR count). The average Bonchev–Trinajstić information content (AvgIpc) is 3.34. The topological polar surface area (TPSA) is 69.9 Å². The molecule has 2 aliphatic rings. The number of ketones is 1. The van der Waals surface area contributed by atoms with E-state index in [1.165, 1.54) is 0 Å². The van der Waals surface area contributed by atoms with Crippen molar-refractivity contribution in [1.82, 2.24) is 10.1 Å². The van der Waals surface area contributed by atoms with Crippen molar-refractivity contribution >= 4 is 45.8 Å². The summed E-state index contributed by atoms with van der Waals surface area (Å²) in [6, 6.07) is 11.3. The van der Waals surface area contributed by atoms with E-state index in [9.17, 15) is 9.59 Å². The Hall–Kier alpha value is -2.90. The van der Waals surface area contributed by atoms with Crippen molar-refractivity contribution in [2.45, 2.75) is 19.8 Å². The molecule has 0 saturated carbocycles. The Morgan fingerprint density at radius 2 is 1.97 bits per heavy atom. The van der Waals surface area contributed by atoms with Crippen LogP contribution >= 0.6 is 11.6 Å². The molecule has 1 unspecified atom stereocenters. The molecule has 0 N–H and O–H groups in total. The van der Waals surface area contributed by atoms with E-state index in [0.29, 0.717) is 29.3 Å². The lowest BCUT2D eigenvalue weighted by Crippen LogP contribution is -2.48. The van der Waals surface area contributed by atoms with Crippen molar-refractivity contribution < 1.29 is 14.1 Å². The van der Waals surface area contributed by atoms with Crippen LogP contribution in [-0.2, 0) is 4.79 Å². The van der Waals surface area contributed by atoms with Crippen LogP contribution in [0.3, 0.4) is 0 Å². The summed E-state index contributed by atoms with van der Waals surface area (Å²) in [5.74, 6) is 0.776. The standard InChI is InChI=1S/C24H25ClN4O3/c1-3-29-20-8-7-16(13-18(20)15(2)24(29)31)21(30)14-27-9-11-28(12-10-27)23-17-5-4-6-19(25)22(17)32-26-23/h4-8,13,15H,3,9-12,14H2,1-2H3. The van der Waals surface area contributed by atoms with Gasteiger partial charge in [-0.1, -0.05) is 22.8 Å². The highest BCUT2D eigenvalue weighted by Crippen LogP contribution is 2.37. The van der Waals surface area contributed by atoms with Gasteiger partial charge in [0.05, 0.1) is 22.9 Å². The van der Waals surface area contributed by atoms with Gasteiger partial charge in [0.25, 0.3) is 0 Å². The van der Waals surface area contributed by atoms with Gasteiger partial charge >= 0.3 is 0 Å². The Bertz CT molecular complexity index is 1200. The largest absolute Gasteiger partial charge is 0.352 e. The molecule has 1 aromatic heterocycles. The summed E-state index contributed by atoms with van der Waals surface area (Å²) in [7, 11) is 0. The molecule has 2 aromatic carbocycles. The average molecular weight is 453 g/mol. The first-order valence-electron chi connectivity index (χ1n) is 11.0. The smallest absolute Gasteiger partial charge is 0.234 e. The second-order valence-corrected chi connectivity index (χ2v) is 8.79. The van der Waals surface area contributed by atoms with E-state index in [1.54, 1.807) is 11.0 Å². The number of para-hydroxylation sites is 1. The van der Waals surface area contributed by atoms with Gasteiger partial charge in [0.2, 0.25) is 5.91 Å². The number of rotatable bonds is 5. The maximum atomic E-state index is 13.0. The van der Waals surface area contributed by atoms with Crippen LogP contribution in [0.25, 0.3) is 11.0 Å². The van der Waals surface area contributed by atoms with Gasteiger partial charge in [-0.05, 0) is 49.7 Å². The van der Waals surface area contributed by atoms with Crippen molar-refractivity contribution in [1.29, 1.82) is 0 Å². The van der Waals surface area contributed by atoms with Gasteiger partial charge in [-0.3, -0.25) is 14.5 Å². The highest BCUT2D eigenvalue weighted by Gasteiger charge is 2.34. The number of halogens is 1. The fraction of sp³-hybridized carbons (Fsp3) is 0.375. The second-order valence-electron chi connectivity index (χ2n) is 8.39. The van der Waals surface area contributed by atoms with E-state index in [0.717, 1.165) is 48.6 Å². The second kappa shape index (κ2) is 8.22. The first-order chi connectivity index (χ1) is 15.5. The first kappa shape index (κ1) is 21.0. The van der Waals surface area contributed by atoms with Gasteiger partial charge in [0.1, 0.15) is 0 Å². The van der Waals surface area contributed by atoms with Gasteiger partial charge in [-0.25, -0.2) is 0 Å². The van der Waals surface area contributed by atoms with E-state index < -0.39 is 0 Å². The van der Waals surface area contributed by atoms with E-state index in [4.69, 9.17) is 16.1 Å². The number of carbonyl (C=O) groups excluding carboxylic acids is 2. The number of nitrogens with zero attached hydrogens (tertiary/aromatic N) is 4. The fourth-order valence-electron chi connectivity index (χ4n) is 4.69. The van der Waals surface area contributed by atoms with Gasteiger partial charge in [-0.2, -0.15) is 0 Å². The first-order valence-corrected chi connectivity index (χ1v) is 11.4. The Kier molecular flexibility index (Phi) is 5.39. The molecule has 3 aromatic rings. The third-order valence-electron chi connectivity index (χ3n) is 6.53. The zero-order valence-corrected chi connectivity index (χ0v) is 18.9. The molecule has 0 bridgehead atoms. The van der Waals surface area contributed by atoms with Gasteiger partial charge < -0.3 is 14.3 Å². The van der Waals surface area contributed by atoms with Crippen LogP contribution in [0.2, 0.25) is 5.02 Å². The number of aromatic nitrogens is 1. The summed E-state index contributed by atoms with van der Waals surface area (Å²) in [4.78, 5) is 31.5. The molecule has 1 amide bonds. The van der Waals surface area contributed by atoms with Crippen LogP contribution in [0.4, 0.5) is 11.5 Å². The normalized spacial score (nSPS) is 19.1. The Morgan fingerprint density at radius 1 is 1.19 bits per heavy atom. The van der Waals surface area contributed by atoms with Crippen molar-refractivity contribution in [2.75, 3.05) is 49.1 Å². The molecule has 0 aliphatic carbocycles. The third-order valence-corrected chi connectivity index (χ3v) is 6.83. The minimum absolute atomic E-state index is 0.0783. The number of hydrogen-bond acceptors (Lipinski definition) is 6. The monoisotopic (exact) mass is 452 g/mol. The predicted octanol–water partition coefficient (Wildman–Crippen LogP) is 3.96. The maximum absolute atomic E-state index is 13.0. The zero-order chi connectivity index (χ0) is 22.4. The molecule has 32 heavy (non-hydrogen) atoms. The molecule has 0 spiro atoms. The van der Waals surface area contributed by atoms with Crippen molar-refractivity contribution in [3.05, 3.63) is 52.5 Å². The summed E-state index contributed by atoms with van der Waals surface area (Å²) in [6.07, 6.45) is 0. The number of amides is 1. The minimum atomic E-state index is -0.202. The van der Waals surface area contributed by atoms with Crippen molar-refractivity contribution in [2.24, 2.45) is 0 Å². The lowest BCUT2D eigenvalue weighted by atomic mass is 9.98. The SMILES string of the molecule is CCN1C(=O)C(C)c2cc(C(=O)CN3CCN(c4noc5c(Cl)cccc45)CC3)ccc21. The Morgan fingerprint density at radius 3 is 2.72 bits per heavy atom. The molecule has 166 valence electrons. The van der Waals surface area contributed by atoms with Gasteiger partial charge in [-0.15, -0.1) is 0 Å². The number of likely N-dealkylation sites (N-methyl/N-ethyl adjacent to an activating group) is 1. The zero-order valence-electron chi connectivity index (χ0n) is 18.2. The lowest BCUT2D eigenvalue weighted by Gasteiger charge is -2.34. The van der Waals surface area contributed by atoms with E-state index >= 15 is 0 Å². The van der Waals surface area contributed by atoms with Gasteiger partial charge in [0, 0.05) is 44.0 Å². The molecular weight excluding hydrogens is 428 g/mol. The molecular formula is C24H25ClN4O3. The Labute approximate surface area is 191 Å². The quantitative estimate of drug-likeness (QED) is 0.546. The molecule has 0 radical (unpaired) electrons. The van der Waals surface area contributed by atoms with Crippen molar-refractivity contribution in [3.63, 3.8) is 0 Å². The number of piperazine rings is 1. The van der Waals surface area contributed by atoms with E-state index in [1.807, 2.05) is 44.2 Å². The van der Waals surface area contributed by atoms with Crippen molar-refractivity contribution in [3.8, 4) is 0 Å². The van der Waals surface area contributed by atoms with Crippen LogP contribution in [0.1, 0.15) is 35.7 Å². The van der Waals surface area contributed by atoms with E-state index in [2.05, 4.69) is 15.0 Å². The summed E-state index contributed by atoms with van der Waals surface area (Å²) in [5, 5.41) is 5.68. The highest BCUT2D eigenvalue weighted by atomic mass is 35.5. The van der Waals surface area contributed by atoms with Crippen LogP contribution in [0.5, 0.6) is 0 Å². The fourth-order valence-corrected chi connectivity index (χ4v) is 4.90. The maximum Gasteiger partial charge on any atom is 0.234 e.